The Morgan fingerprint density at radius 3 is 2.52 bits per heavy atom. The number of non-ortho nitro benzene ring substituents is 1. The lowest BCUT2D eigenvalue weighted by Gasteiger charge is -2.09. The van der Waals surface area contributed by atoms with E-state index in [1.807, 2.05) is 12.1 Å². The van der Waals surface area contributed by atoms with Crippen molar-refractivity contribution in [1.82, 2.24) is 4.98 Å². The molecule has 3 aromatic rings. The van der Waals surface area contributed by atoms with Crippen LogP contribution in [-0.2, 0) is 0 Å². The van der Waals surface area contributed by atoms with E-state index in [1.54, 1.807) is 36.5 Å². The van der Waals surface area contributed by atoms with Gasteiger partial charge in [0.05, 0.1) is 14.8 Å². The highest BCUT2D eigenvalue weighted by Crippen LogP contribution is 2.36. The van der Waals surface area contributed by atoms with Crippen molar-refractivity contribution in [2.24, 2.45) is 0 Å². The van der Waals surface area contributed by atoms with Crippen LogP contribution in [0.2, 0.25) is 0 Å². The van der Waals surface area contributed by atoms with Crippen molar-refractivity contribution in [2.75, 3.05) is 0 Å². The van der Waals surface area contributed by atoms with Crippen molar-refractivity contribution in [3.8, 4) is 11.6 Å². The monoisotopic (exact) mass is 344 g/mol. The van der Waals surface area contributed by atoms with Crippen molar-refractivity contribution >= 4 is 32.4 Å². The topological polar surface area (TPSA) is 65.3 Å². The zero-order chi connectivity index (χ0) is 14.8. The molecule has 5 nitrogen and oxygen atoms in total. The first kappa shape index (κ1) is 13.5. The van der Waals surface area contributed by atoms with Gasteiger partial charge in [-0.05, 0) is 40.2 Å². The van der Waals surface area contributed by atoms with Crippen LogP contribution < -0.4 is 4.74 Å². The molecule has 0 radical (unpaired) electrons. The van der Waals surface area contributed by atoms with Crippen LogP contribution in [0.25, 0.3) is 10.8 Å². The van der Waals surface area contributed by atoms with Crippen LogP contribution in [0, 0.1) is 10.1 Å². The van der Waals surface area contributed by atoms with Gasteiger partial charge >= 0.3 is 0 Å². The van der Waals surface area contributed by atoms with Crippen LogP contribution in [0.4, 0.5) is 5.69 Å². The number of hydrogen-bond donors (Lipinski definition) is 0. The fraction of sp³-hybridized carbons (Fsp3) is 0. The van der Waals surface area contributed by atoms with E-state index < -0.39 is 4.92 Å². The summed E-state index contributed by atoms with van der Waals surface area (Å²) in [6, 6.07) is 13.7. The van der Waals surface area contributed by atoms with Gasteiger partial charge in [-0.3, -0.25) is 10.1 Å². The molecule has 0 N–H and O–H groups in total. The first-order valence-electron chi connectivity index (χ1n) is 6.11. The third kappa shape index (κ3) is 2.57. The van der Waals surface area contributed by atoms with Gasteiger partial charge in [-0.15, -0.1) is 0 Å². The predicted molar refractivity (Wildman–Crippen MR) is 82.6 cm³/mol. The Hall–Kier alpha value is -2.47. The number of ether oxygens (including phenoxy) is 1. The van der Waals surface area contributed by atoms with Gasteiger partial charge in [-0.1, -0.05) is 18.2 Å². The average molecular weight is 345 g/mol. The SMILES string of the molecule is O=[N+]([O-])c1ccc(Oc2ncccc2Br)c2ccccc12. The quantitative estimate of drug-likeness (QED) is 0.510. The maximum absolute atomic E-state index is 11.1. The van der Waals surface area contributed by atoms with Crippen LogP contribution in [0.3, 0.4) is 0 Å². The molecule has 0 aliphatic rings. The molecule has 0 bridgehead atoms. The van der Waals surface area contributed by atoms with Gasteiger partial charge < -0.3 is 4.74 Å². The highest BCUT2D eigenvalue weighted by molar-refractivity contribution is 9.10. The number of nitro benzene ring substituents is 1. The number of fused-ring (bicyclic) bond motifs is 1. The number of benzene rings is 2. The van der Waals surface area contributed by atoms with Gasteiger partial charge in [0.15, 0.2) is 0 Å². The zero-order valence-corrected chi connectivity index (χ0v) is 12.3. The maximum atomic E-state index is 11.1. The molecule has 0 fully saturated rings. The smallest absolute Gasteiger partial charge is 0.277 e. The van der Waals surface area contributed by atoms with E-state index in [4.69, 9.17) is 4.74 Å². The molecule has 6 heteroatoms. The summed E-state index contributed by atoms with van der Waals surface area (Å²) in [5.41, 5.74) is 0.0537. The molecular formula is C15H9BrN2O3. The molecule has 0 amide bonds. The lowest BCUT2D eigenvalue weighted by Crippen LogP contribution is -1.93. The molecule has 21 heavy (non-hydrogen) atoms. The van der Waals surface area contributed by atoms with Crippen molar-refractivity contribution in [1.29, 1.82) is 0 Å². The Morgan fingerprint density at radius 2 is 1.81 bits per heavy atom. The van der Waals surface area contributed by atoms with E-state index in [2.05, 4.69) is 20.9 Å². The van der Waals surface area contributed by atoms with E-state index in [0.29, 0.717) is 26.9 Å². The molecule has 0 saturated carbocycles. The Balaban J connectivity index is 2.14. The maximum Gasteiger partial charge on any atom is 0.277 e. The van der Waals surface area contributed by atoms with E-state index in [9.17, 15) is 10.1 Å². The summed E-state index contributed by atoms with van der Waals surface area (Å²) in [5.74, 6) is 0.937. The highest BCUT2D eigenvalue weighted by Gasteiger charge is 2.15. The number of nitrogens with zero attached hydrogens (tertiary/aromatic N) is 2. The van der Waals surface area contributed by atoms with Crippen molar-refractivity contribution in [3.05, 3.63) is 69.3 Å². The van der Waals surface area contributed by atoms with Gasteiger partial charge in [0.25, 0.3) is 5.69 Å². The first-order valence-corrected chi connectivity index (χ1v) is 6.90. The summed E-state index contributed by atoms with van der Waals surface area (Å²) >= 11 is 3.36. The molecule has 0 atom stereocenters. The minimum atomic E-state index is -0.400. The van der Waals surface area contributed by atoms with Crippen LogP contribution in [0.5, 0.6) is 11.6 Å². The molecule has 2 aromatic carbocycles. The Bertz CT molecular complexity index is 836. The molecule has 0 unspecified atom stereocenters. The fourth-order valence-corrected chi connectivity index (χ4v) is 2.39. The lowest BCUT2D eigenvalue weighted by atomic mass is 10.1. The zero-order valence-electron chi connectivity index (χ0n) is 10.7. The van der Waals surface area contributed by atoms with Crippen molar-refractivity contribution in [3.63, 3.8) is 0 Å². The molecule has 1 aromatic heterocycles. The largest absolute Gasteiger partial charge is 0.437 e. The standard InChI is InChI=1S/C15H9BrN2O3/c16-12-6-3-9-17-15(12)21-14-8-7-13(18(19)20)10-4-1-2-5-11(10)14/h1-9H. The van der Waals surface area contributed by atoms with Crippen LogP contribution >= 0.6 is 15.9 Å². The molecular weight excluding hydrogens is 336 g/mol. The third-order valence-electron chi connectivity index (χ3n) is 2.99. The number of rotatable bonds is 3. The number of pyridine rings is 1. The molecule has 104 valence electrons. The van der Waals surface area contributed by atoms with E-state index in [-0.39, 0.29) is 5.69 Å². The molecule has 0 spiro atoms. The summed E-state index contributed by atoms with van der Waals surface area (Å²) in [7, 11) is 0. The van der Waals surface area contributed by atoms with Gasteiger partial charge in [-0.2, -0.15) is 0 Å². The summed E-state index contributed by atoms with van der Waals surface area (Å²) < 4.78 is 6.49. The van der Waals surface area contributed by atoms with Gasteiger partial charge in [-0.25, -0.2) is 4.98 Å². The summed E-state index contributed by atoms with van der Waals surface area (Å²) in [6.07, 6.45) is 1.62. The van der Waals surface area contributed by atoms with Crippen LogP contribution in [-0.4, -0.2) is 9.91 Å². The average Bonchev–Trinajstić information content (AvgIpc) is 2.49. The van der Waals surface area contributed by atoms with E-state index in [1.165, 1.54) is 6.07 Å². The minimum Gasteiger partial charge on any atom is -0.437 e. The highest BCUT2D eigenvalue weighted by atomic mass is 79.9. The lowest BCUT2D eigenvalue weighted by molar-refractivity contribution is -0.383. The normalized spacial score (nSPS) is 10.5. The Kier molecular flexibility index (Phi) is 3.53. The molecule has 1 heterocycles. The van der Waals surface area contributed by atoms with E-state index in [0.717, 1.165) is 0 Å². The first-order chi connectivity index (χ1) is 10.2. The Morgan fingerprint density at radius 1 is 1.05 bits per heavy atom. The summed E-state index contributed by atoms with van der Waals surface area (Å²) in [4.78, 5) is 14.8. The van der Waals surface area contributed by atoms with Gasteiger partial charge in [0, 0.05) is 17.6 Å². The minimum absolute atomic E-state index is 0.0537. The van der Waals surface area contributed by atoms with Crippen LogP contribution in [0.1, 0.15) is 0 Å². The Labute approximate surface area is 128 Å². The number of nitro groups is 1. The number of hydrogen-bond acceptors (Lipinski definition) is 4. The molecule has 0 aliphatic carbocycles. The van der Waals surface area contributed by atoms with Crippen molar-refractivity contribution in [2.45, 2.75) is 0 Å². The molecule has 0 aliphatic heterocycles. The fourth-order valence-electron chi connectivity index (χ4n) is 2.05. The van der Waals surface area contributed by atoms with Crippen molar-refractivity contribution < 1.29 is 9.66 Å². The van der Waals surface area contributed by atoms with Gasteiger partial charge in [0.1, 0.15) is 5.75 Å². The second kappa shape index (κ2) is 5.49. The summed E-state index contributed by atoms with van der Waals surface area (Å²) in [5, 5.41) is 12.3. The third-order valence-corrected chi connectivity index (χ3v) is 3.59. The van der Waals surface area contributed by atoms with E-state index >= 15 is 0 Å². The van der Waals surface area contributed by atoms with Crippen LogP contribution in [0.15, 0.2) is 59.2 Å². The molecule has 3 rings (SSSR count). The molecule has 0 saturated heterocycles. The predicted octanol–water partition coefficient (Wildman–Crippen LogP) is 4.70. The number of aromatic nitrogens is 1. The van der Waals surface area contributed by atoms with Gasteiger partial charge in [0.2, 0.25) is 5.88 Å². The summed E-state index contributed by atoms with van der Waals surface area (Å²) in [6.45, 7) is 0. The second-order valence-corrected chi connectivity index (χ2v) is 5.13. The second-order valence-electron chi connectivity index (χ2n) is 4.28. The number of halogens is 1.